The van der Waals surface area contributed by atoms with E-state index in [-0.39, 0.29) is 12.5 Å². The standard InChI is InChI=1S/C13H19NO3/c1-3-14-11(9-13(15)16)10-7-5-6-8-12(10)17-4-2/h5-8,11,14H,3-4,9H2,1-2H3,(H,15,16). The summed E-state index contributed by atoms with van der Waals surface area (Å²) in [6.45, 7) is 5.16. The first-order chi connectivity index (χ1) is 8.19. The fourth-order valence-corrected chi connectivity index (χ4v) is 1.77. The molecule has 0 aliphatic rings. The number of carboxylic acid groups (broad SMARTS) is 1. The Labute approximate surface area is 102 Å². The summed E-state index contributed by atoms with van der Waals surface area (Å²) >= 11 is 0. The van der Waals surface area contributed by atoms with Crippen molar-refractivity contribution in [3.8, 4) is 5.75 Å². The van der Waals surface area contributed by atoms with Crippen molar-refractivity contribution in [2.24, 2.45) is 0 Å². The molecular weight excluding hydrogens is 218 g/mol. The number of ether oxygens (including phenoxy) is 1. The number of rotatable bonds is 7. The van der Waals surface area contributed by atoms with Crippen molar-refractivity contribution in [2.75, 3.05) is 13.2 Å². The van der Waals surface area contributed by atoms with Crippen LogP contribution in [0.1, 0.15) is 31.9 Å². The lowest BCUT2D eigenvalue weighted by Crippen LogP contribution is -2.24. The monoisotopic (exact) mass is 237 g/mol. The van der Waals surface area contributed by atoms with E-state index in [1.165, 1.54) is 0 Å². The highest BCUT2D eigenvalue weighted by molar-refractivity contribution is 5.68. The van der Waals surface area contributed by atoms with Crippen LogP contribution in [0.4, 0.5) is 0 Å². The molecule has 1 atom stereocenters. The highest BCUT2D eigenvalue weighted by atomic mass is 16.5. The molecule has 0 aromatic heterocycles. The van der Waals surface area contributed by atoms with Crippen molar-refractivity contribution in [3.05, 3.63) is 29.8 Å². The van der Waals surface area contributed by atoms with Crippen LogP contribution in [-0.4, -0.2) is 24.2 Å². The quantitative estimate of drug-likeness (QED) is 0.763. The van der Waals surface area contributed by atoms with Crippen molar-refractivity contribution in [1.29, 1.82) is 0 Å². The summed E-state index contributed by atoms with van der Waals surface area (Å²) in [4.78, 5) is 10.8. The Morgan fingerprint density at radius 3 is 2.71 bits per heavy atom. The Hall–Kier alpha value is -1.55. The van der Waals surface area contributed by atoms with Gasteiger partial charge in [0.05, 0.1) is 13.0 Å². The van der Waals surface area contributed by atoms with Crippen molar-refractivity contribution >= 4 is 5.97 Å². The lowest BCUT2D eigenvalue weighted by atomic mass is 10.0. The first kappa shape index (κ1) is 13.5. The van der Waals surface area contributed by atoms with Crippen LogP contribution in [0.3, 0.4) is 0 Å². The van der Waals surface area contributed by atoms with Crippen LogP contribution in [-0.2, 0) is 4.79 Å². The Morgan fingerprint density at radius 1 is 1.41 bits per heavy atom. The van der Waals surface area contributed by atoms with Gasteiger partial charge in [-0.1, -0.05) is 25.1 Å². The van der Waals surface area contributed by atoms with Crippen LogP contribution < -0.4 is 10.1 Å². The molecule has 0 saturated carbocycles. The summed E-state index contributed by atoms with van der Waals surface area (Å²) < 4.78 is 5.51. The first-order valence-corrected chi connectivity index (χ1v) is 5.85. The maximum absolute atomic E-state index is 10.8. The summed E-state index contributed by atoms with van der Waals surface area (Å²) in [5, 5.41) is 12.1. The average Bonchev–Trinajstić information content (AvgIpc) is 2.29. The van der Waals surface area contributed by atoms with Gasteiger partial charge in [-0.05, 0) is 19.5 Å². The molecule has 94 valence electrons. The molecule has 1 unspecified atom stereocenters. The van der Waals surface area contributed by atoms with Crippen molar-refractivity contribution < 1.29 is 14.6 Å². The first-order valence-electron chi connectivity index (χ1n) is 5.85. The van der Waals surface area contributed by atoms with Gasteiger partial charge in [0.2, 0.25) is 0 Å². The van der Waals surface area contributed by atoms with Gasteiger partial charge in [-0.25, -0.2) is 0 Å². The molecule has 1 aromatic carbocycles. The van der Waals surface area contributed by atoms with Gasteiger partial charge in [0, 0.05) is 11.6 Å². The van der Waals surface area contributed by atoms with Crippen LogP contribution in [0.15, 0.2) is 24.3 Å². The number of aliphatic carboxylic acids is 1. The van der Waals surface area contributed by atoms with Crippen LogP contribution >= 0.6 is 0 Å². The van der Waals surface area contributed by atoms with E-state index < -0.39 is 5.97 Å². The molecule has 0 aliphatic heterocycles. The smallest absolute Gasteiger partial charge is 0.305 e. The highest BCUT2D eigenvalue weighted by Crippen LogP contribution is 2.27. The maximum Gasteiger partial charge on any atom is 0.305 e. The number of nitrogens with one attached hydrogen (secondary N) is 1. The molecule has 0 heterocycles. The molecule has 1 aromatic rings. The number of hydrogen-bond acceptors (Lipinski definition) is 3. The average molecular weight is 237 g/mol. The summed E-state index contributed by atoms with van der Waals surface area (Å²) in [7, 11) is 0. The van der Waals surface area contributed by atoms with Gasteiger partial charge < -0.3 is 15.2 Å². The lowest BCUT2D eigenvalue weighted by molar-refractivity contribution is -0.137. The van der Waals surface area contributed by atoms with E-state index in [1.54, 1.807) is 0 Å². The maximum atomic E-state index is 10.8. The van der Waals surface area contributed by atoms with E-state index in [4.69, 9.17) is 9.84 Å². The highest BCUT2D eigenvalue weighted by Gasteiger charge is 2.17. The van der Waals surface area contributed by atoms with Gasteiger partial charge in [-0.15, -0.1) is 0 Å². The van der Waals surface area contributed by atoms with Crippen LogP contribution in [0, 0.1) is 0 Å². The van der Waals surface area contributed by atoms with E-state index in [1.807, 2.05) is 38.1 Å². The zero-order valence-electron chi connectivity index (χ0n) is 10.3. The molecule has 0 spiro atoms. The largest absolute Gasteiger partial charge is 0.494 e. The molecular formula is C13H19NO3. The SMILES string of the molecule is CCNC(CC(=O)O)c1ccccc1OCC. The summed E-state index contributed by atoms with van der Waals surface area (Å²) in [6, 6.07) is 7.34. The molecule has 1 rings (SSSR count). The Morgan fingerprint density at radius 2 is 2.12 bits per heavy atom. The molecule has 4 heteroatoms. The number of carboxylic acids is 1. The zero-order chi connectivity index (χ0) is 12.7. The molecule has 0 fully saturated rings. The Balaban J connectivity index is 2.94. The summed E-state index contributed by atoms with van der Waals surface area (Å²) in [5.41, 5.74) is 0.901. The van der Waals surface area contributed by atoms with Crippen LogP contribution in [0.5, 0.6) is 5.75 Å². The topological polar surface area (TPSA) is 58.6 Å². The third-order valence-electron chi connectivity index (χ3n) is 2.42. The molecule has 4 nitrogen and oxygen atoms in total. The van der Waals surface area contributed by atoms with Gasteiger partial charge >= 0.3 is 5.97 Å². The Bertz CT molecular complexity index is 365. The molecule has 0 saturated heterocycles. The minimum atomic E-state index is -0.817. The summed E-state index contributed by atoms with van der Waals surface area (Å²) in [5.74, 6) is -0.0653. The van der Waals surface area contributed by atoms with Crippen LogP contribution in [0.25, 0.3) is 0 Å². The van der Waals surface area contributed by atoms with Gasteiger partial charge in [0.1, 0.15) is 5.75 Å². The van der Waals surface area contributed by atoms with E-state index in [2.05, 4.69) is 5.32 Å². The van der Waals surface area contributed by atoms with Gasteiger partial charge in [-0.2, -0.15) is 0 Å². The second kappa shape index (κ2) is 6.91. The van der Waals surface area contributed by atoms with Crippen molar-refractivity contribution in [1.82, 2.24) is 5.32 Å². The lowest BCUT2D eigenvalue weighted by Gasteiger charge is -2.19. The van der Waals surface area contributed by atoms with E-state index in [0.717, 1.165) is 17.9 Å². The number of carbonyl (C=O) groups is 1. The van der Waals surface area contributed by atoms with Crippen LogP contribution in [0.2, 0.25) is 0 Å². The predicted molar refractivity (Wildman–Crippen MR) is 66.3 cm³/mol. The molecule has 2 N–H and O–H groups in total. The van der Waals surface area contributed by atoms with Crippen molar-refractivity contribution in [2.45, 2.75) is 26.3 Å². The van der Waals surface area contributed by atoms with Gasteiger partial charge in [0.25, 0.3) is 0 Å². The van der Waals surface area contributed by atoms with Gasteiger partial charge in [-0.3, -0.25) is 4.79 Å². The normalized spacial score (nSPS) is 12.1. The van der Waals surface area contributed by atoms with Gasteiger partial charge in [0.15, 0.2) is 0 Å². The molecule has 0 aliphatic carbocycles. The third kappa shape index (κ3) is 4.07. The molecule has 0 bridgehead atoms. The molecule has 0 radical (unpaired) electrons. The third-order valence-corrected chi connectivity index (χ3v) is 2.42. The summed E-state index contributed by atoms with van der Waals surface area (Å²) in [6.07, 6.45) is 0.0535. The number of benzene rings is 1. The fourth-order valence-electron chi connectivity index (χ4n) is 1.77. The number of para-hydroxylation sites is 1. The zero-order valence-corrected chi connectivity index (χ0v) is 10.3. The molecule has 0 amide bonds. The second-order valence-electron chi connectivity index (χ2n) is 3.68. The Kier molecular flexibility index (Phi) is 5.49. The van der Waals surface area contributed by atoms with Crippen molar-refractivity contribution in [3.63, 3.8) is 0 Å². The van der Waals surface area contributed by atoms with E-state index in [9.17, 15) is 4.79 Å². The minimum absolute atomic E-state index is 0.0535. The van der Waals surface area contributed by atoms with E-state index >= 15 is 0 Å². The number of hydrogen-bond donors (Lipinski definition) is 2. The minimum Gasteiger partial charge on any atom is -0.494 e. The van der Waals surface area contributed by atoms with E-state index in [0.29, 0.717) is 6.61 Å². The second-order valence-corrected chi connectivity index (χ2v) is 3.68. The fraction of sp³-hybridized carbons (Fsp3) is 0.462. The molecule has 17 heavy (non-hydrogen) atoms. The predicted octanol–water partition coefficient (Wildman–Crippen LogP) is 2.21.